The zero-order valence-electron chi connectivity index (χ0n) is 14.4. The van der Waals surface area contributed by atoms with Gasteiger partial charge in [0, 0.05) is 38.1 Å². The number of aryl methyl sites for hydroxylation is 2. The van der Waals surface area contributed by atoms with Crippen LogP contribution in [0, 0.1) is 13.8 Å². The van der Waals surface area contributed by atoms with Crippen molar-refractivity contribution >= 4 is 17.5 Å². The number of anilines is 2. The van der Waals surface area contributed by atoms with Gasteiger partial charge in [-0.1, -0.05) is 6.07 Å². The van der Waals surface area contributed by atoms with E-state index < -0.39 is 0 Å². The molecule has 1 aliphatic heterocycles. The lowest BCUT2D eigenvalue weighted by molar-refractivity contribution is 0.102. The van der Waals surface area contributed by atoms with E-state index in [4.69, 9.17) is 0 Å². The van der Waals surface area contributed by atoms with Gasteiger partial charge in [-0.15, -0.1) is 0 Å². The largest absolute Gasteiger partial charge is 0.338 e. The van der Waals surface area contributed by atoms with Gasteiger partial charge in [0.2, 0.25) is 5.95 Å². The Morgan fingerprint density at radius 1 is 1.08 bits per heavy atom. The summed E-state index contributed by atoms with van der Waals surface area (Å²) in [5, 5.41) is 2.91. The Labute approximate surface area is 142 Å². The van der Waals surface area contributed by atoms with Crippen molar-refractivity contribution in [2.75, 3.05) is 43.4 Å². The molecular formula is C18H23N5O. The Hall–Kier alpha value is -2.47. The number of nitrogens with zero attached hydrogens (tertiary/aromatic N) is 4. The summed E-state index contributed by atoms with van der Waals surface area (Å²) in [6, 6.07) is 7.52. The van der Waals surface area contributed by atoms with E-state index in [0.717, 1.165) is 37.4 Å². The maximum absolute atomic E-state index is 12.5. The summed E-state index contributed by atoms with van der Waals surface area (Å²) >= 11 is 0. The number of carbonyl (C=O) groups excluding carboxylic acids is 1. The second-order valence-electron chi connectivity index (χ2n) is 6.29. The van der Waals surface area contributed by atoms with Gasteiger partial charge in [-0.05, 0) is 50.2 Å². The lowest BCUT2D eigenvalue weighted by Gasteiger charge is -2.32. The van der Waals surface area contributed by atoms with E-state index in [2.05, 4.69) is 32.1 Å². The average Bonchev–Trinajstić information content (AvgIpc) is 2.59. The molecule has 0 spiro atoms. The Balaban J connectivity index is 1.73. The molecule has 1 aromatic carbocycles. The number of hydrogen-bond donors (Lipinski definition) is 1. The van der Waals surface area contributed by atoms with Crippen LogP contribution in [-0.4, -0.2) is 54.0 Å². The number of likely N-dealkylation sites (N-methyl/N-ethyl adjacent to an activating group) is 1. The minimum Gasteiger partial charge on any atom is -0.338 e. The molecule has 1 amide bonds. The highest BCUT2D eigenvalue weighted by Gasteiger charge is 2.18. The molecule has 1 aromatic heterocycles. The van der Waals surface area contributed by atoms with Gasteiger partial charge < -0.3 is 15.1 Å². The first kappa shape index (κ1) is 16.4. The summed E-state index contributed by atoms with van der Waals surface area (Å²) in [6.45, 7) is 7.77. The molecule has 0 bridgehead atoms. The molecule has 6 heteroatoms. The molecule has 2 heterocycles. The van der Waals surface area contributed by atoms with Crippen LogP contribution in [0.1, 0.15) is 21.6 Å². The third-order valence-corrected chi connectivity index (χ3v) is 4.43. The fourth-order valence-corrected chi connectivity index (χ4v) is 2.65. The Morgan fingerprint density at radius 2 is 1.83 bits per heavy atom. The van der Waals surface area contributed by atoms with Crippen molar-refractivity contribution in [3.8, 4) is 0 Å². The van der Waals surface area contributed by atoms with Crippen LogP contribution in [0.25, 0.3) is 0 Å². The molecule has 0 radical (unpaired) electrons. The third kappa shape index (κ3) is 3.71. The van der Waals surface area contributed by atoms with Gasteiger partial charge in [0.1, 0.15) is 5.69 Å². The second kappa shape index (κ2) is 6.97. The molecule has 1 aliphatic rings. The molecule has 2 aromatic rings. The van der Waals surface area contributed by atoms with Crippen LogP contribution in [0.5, 0.6) is 0 Å². The molecule has 1 fully saturated rings. The number of hydrogen-bond acceptors (Lipinski definition) is 5. The maximum Gasteiger partial charge on any atom is 0.274 e. The highest BCUT2D eigenvalue weighted by molar-refractivity contribution is 6.03. The van der Waals surface area contributed by atoms with E-state index in [9.17, 15) is 4.79 Å². The zero-order valence-corrected chi connectivity index (χ0v) is 14.4. The number of piperazine rings is 1. The highest BCUT2D eigenvalue weighted by Crippen LogP contribution is 2.16. The highest BCUT2D eigenvalue weighted by atomic mass is 16.1. The van der Waals surface area contributed by atoms with Crippen LogP contribution in [0.4, 0.5) is 11.6 Å². The average molecular weight is 325 g/mol. The van der Waals surface area contributed by atoms with Gasteiger partial charge in [-0.25, -0.2) is 9.97 Å². The summed E-state index contributed by atoms with van der Waals surface area (Å²) < 4.78 is 0. The summed E-state index contributed by atoms with van der Waals surface area (Å²) in [6.07, 6.45) is 1.65. The van der Waals surface area contributed by atoms with Crippen LogP contribution < -0.4 is 10.2 Å². The second-order valence-corrected chi connectivity index (χ2v) is 6.29. The summed E-state index contributed by atoms with van der Waals surface area (Å²) in [4.78, 5) is 25.6. The smallest absolute Gasteiger partial charge is 0.274 e. The lowest BCUT2D eigenvalue weighted by atomic mass is 10.1. The minimum atomic E-state index is -0.212. The zero-order chi connectivity index (χ0) is 17.1. The lowest BCUT2D eigenvalue weighted by Crippen LogP contribution is -2.45. The van der Waals surface area contributed by atoms with Crippen molar-refractivity contribution in [1.82, 2.24) is 14.9 Å². The minimum absolute atomic E-state index is 0.212. The number of rotatable bonds is 3. The van der Waals surface area contributed by atoms with E-state index in [1.54, 1.807) is 12.3 Å². The molecule has 24 heavy (non-hydrogen) atoms. The quantitative estimate of drug-likeness (QED) is 0.936. The first-order valence-corrected chi connectivity index (χ1v) is 8.18. The Kier molecular flexibility index (Phi) is 4.76. The van der Waals surface area contributed by atoms with E-state index in [-0.39, 0.29) is 5.91 Å². The molecule has 0 atom stereocenters. The molecule has 126 valence electrons. The molecule has 6 nitrogen and oxygen atoms in total. The van der Waals surface area contributed by atoms with Crippen LogP contribution >= 0.6 is 0 Å². The fraction of sp³-hybridized carbons (Fsp3) is 0.389. The van der Waals surface area contributed by atoms with Crippen molar-refractivity contribution in [3.05, 3.63) is 47.3 Å². The molecule has 1 saturated heterocycles. The first-order chi connectivity index (χ1) is 11.5. The van der Waals surface area contributed by atoms with E-state index in [1.807, 2.05) is 32.0 Å². The van der Waals surface area contributed by atoms with Crippen LogP contribution in [0.2, 0.25) is 0 Å². The SMILES string of the molecule is Cc1ccc(NC(=O)c2ccnc(N3CCN(C)CC3)n2)cc1C. The number of nitrogens with one attached hydrogen (secondary N) is 1. The standard InChI is InChI=1S/C18H23N5O/c1-13-4-5-15(12-14(13)2)20-17(24)16-6-7-19-18(21-16)23-10-8-22(3)9-11-23/h4-7,12H,8-11H2,1-3H3,(H,20,24). The van der Waals surface area contributed by atoms with Gasteiger partial charge in [-0.2, -0.15) is 0 Å². The van der Waals surface area contributed by atoms with Crippen molar-refractivity contribution in [3.63, 3.8) is 0 Å². The topological polar surface area (TPSA) is 61.4 Å². The molecular weight excluding hydrogens is 302 g/mol. The number of aromatic nitrogens is 2. The Bertz CT molecular complexity index is 738. The van der Waals surface area contributed by atoms with Crippen molar-refractivity contribution in [1.29, 1.82) is 0 Å². The molecule has 0 aliphatic carbocycles. The van der Waals surface area contributed by atoms with E-state index in [0.29, 0.717) is 11.6 Å². The molecule has 0 saturated carbocycles. The molecule has 0 unspecified atom stereocenters. The number of amides is 1. The molecule has 1 N–H and O–H groups in total. The summed E-state index contributed by atoms with van der Waals surface area (Å²) in [5.74, 6) is 0.409. The maximum atomic E-state index is 12.5. The fourth-order valence-electron chi connectivity index (χ4n) is 2.65. The number of benzene rings is 1. The van der Waals surface area contributed by atoms with Crippen molar-refractivity contribution in [2.24, 2.45) is 0 Å². The van der Waals surface area contributed by atoms with Gasteiger partial charge >= 0.3 is 0 Å². The molecule has 3 rings (SSSR count). The van der Waals surface area contributed by atoms with Gasteiger partial charge in [0.25, 0.3) is 5.91 Å². The first-order valence-electron chi connectivity index (χ1n) is 8.18. The van der Waals surface area contributed by atoms with E-state index in [1.165, 1.54) is 5.56 Å². The predicted molar refractivity (Wildman–Crippen MR) is 95.6 cm³/mol. The van der Waals surface area contributed by atoms with Crippen LogP contribution in [-0.2, 0) is 0 Å². The van der Waals surface area contributed by atoms with Crippen molar-refractivity contribution in [2.45, 2.75) is 13.8 Å². The van der Waals surface area contributed by atoms with Crippen LogP contribution in [0.3, 0.4) is 0 Å². The number of carbonyl (C=O) groups is 1. The normalized spacial score (nSPS) is 15.4. The van der Waals surface area contributed by atoms with Gasteiger partial charge in [0.15, 0.2) is 0 Å². The van der Waals surface area contributed by atoms with Crippen molar-refractivity contribution < 1.29 is 4.79 Å². The van der Waals surface area contributed by atoms with Crippen LogP contribution in [0.15, 0.2) is 30.5 Å². The summed E-state index contributed by atoms with van der Waals surface area (Å²) in [5.41, 5.74) is 3.51. The predicted octanol–water partition coefficient (Wildman–Crippen LogP) is 2.10. The van der Waals surface area contributed by atoms with Gasteiger partial charge in [-0.3, -0.25) is 4.79 Å². The Morgan fingerprint density at radius 3 is 2.54 bits per heavy atom. The van der Waals surface area contributed by atoms with E-state index >= 15 is 0 Å². The monoisotopic (exact) mass is 325 g/mol. The van der Waals surface area contributed by atoms with Gasteiger partial charge in [0.05, 0.1) is 0 Å². The third-order valence-electron chi connectivity index (χ3n) is 4.43. The summed E-state index contributed by atoms with van der Waals surface area (Å²) in [7, 11) is 2.10.